The van der Waals surface area contributed by atoms with E-state index in [4.69, 9.17) is 10.3 Å². The number of hydrogen-bond donors (Lipinski definition) is 3. The van der Waals surface area contributed by atoms with Gasteiger partial charge in [0.15, 0.2) is 0 Å². The summed E-state index contributed by atoms with van der Waals surface area (Å²) in [6.07, 6.45) is -1.000. The van der Waals surface area contributed by atoms with E-state index in [0.717, 1.165) is 0 Å². The molecule has 0 spiro atoms. The summed E-state index contributed by atoms with van der Waals surface area (Å²) in [7, 11) is -4.88. The van der Waals surface area contributed by atoms with Crippen molar-refractivity contribution in [2.45, 2.75) is 24.6 Å². The van der Waals surface area contributed by atoms with Crippen LogP contribution in [0.25, 0.3) is 0 Å². The molecule has 1 heterocycles. The molecule has 1 saturated heterocycles. The number of rotatable bonds is 3. The summed E-state index contributed by atoms with van der Waals surface area (Å²) < 4.78 is 30.3. The summed E-state index contributed by atoms with van der Waals surface area (Å²) in [4.78, 5) is 35.6. The Morgan fingerprint density at radius 3 is 2.39 bits per heavy atom. The molecule has 0 aliphatic carbocycles. The molecule has 11 heteroatoms. The first-order chi connectivity index (χ1) is 8.00. The molecular weight excluding hydrogens is 272 g/mol. The van der Waals surface area contributed by atoms with E-state index < -0.39 is 50.4 Å². The average molecular weight is 283 g/mol. The van der Waals surface area contributed by atoms with Crippen LogP contribution in [-0.4, -0.2) is 52.1 Å². The molecular formula is C7H11N2O8S+. The Bertz CT molecular complexity index is 512. The van der Waals surface area contributed by atoms with E-state index in [2.05, 4.69) is 4.84 Å². The number of nitrogens with two attached hydrogens (primary N) is 1. The molecule has 0 aromatic carbocycles. The summed E-state index contributed by atoms with van der Waals surface area (Å²) in [5, 5.41) is 7.38. The Labute approximate surface area is 101 Å². The molecule has 1 aliphatic rings. The highest BCUT2D eigenvalue weighted by atomic mass is 32.2. The average Bonchev–Trinajstić information content (AvgIpc) is 2.42. The third-order valence-electron chi connectivity index (χ3n) is 2.23. The summed E-state index contributed by atoms with van der Waals surface area (Å²) in [5.41, 5.74) is 5.10. The minimum absolute atomic E-state index is 1.000. The number of imide groups is 1. The first-order valence-electron chi connectivity index (χ1n) is 4.65. The predicted molar refractivity (Wildman–Crippen MR) is 51.8 cm³/mol. The van der Waals surface area contributed by atoms with Crippen molar-refractivity contribution in [1.29, 1.82) is 0 Å². The fourth-order valence-electron chi connectivity index (χ4n) is 1.23. The van der Waals surface area contributed by atoms with Gasteiger partial charge in [0.1, 0.15) is 17.3 Å². The number of carbonyl (C=O) groups excluding carboxylic acids is 3. The van der Waals surface area contributed by atoms with Crippen molar-refractivity contribution in [1.82, 2.24) is 0 Å². The van der Waals surface area contributed by atoms with E-state index >= 15 is 0 Å². The monoisotopic (exact) mass is 283 g/mol. The normalized spacial score (nSPS) is 30.3. The lowest BCUT2D eigenvalue weighted by Crippen LogP contribution is -2.54. The van der Waals surface area contributed by atoms with Crippen molar-refractivity contribution in [2.24, 2.45) is 5.73 Å². The van der Waals surface area contributed by atoms with E-state index in [0.29, 0.717) is 0 Å². The molecule has 0 aromatic rings. The largest absolute Gasteiger partial charge is 0.417 e. The van der Waals surface area contributed by atoms with E-state index in [-0.39, 0.29) is 0 Å². The molecule has 4 N–H and O–H groups in total. The lowest BCUT2D eigenvalue weighted by atomic mass is 10.4. The van der Waals surface area contributed by atoms with Gasteiger partial charge in [-0.3, -0.25) is 4.55 Å². The van der Waals surface area contributed by atoms with Crippen LogP contribution in [0.15, 0.2) is 0 Å². The highest BCUT2D eigenvalue weighted by Gasteiger charge is 2.65. The Morgan fingerprint density at radius 1 is 1.56 bits per heavy atom. The zero-order chi connectivity index (χ0) is 14.3. The molecule has 3 atom stereocenters. The van der Waals surface area contributed by atoms with Crippen LogP contribution in [0.5, 0.6) is 0 Å². The lowest BCUT2D eigenvalue weighted by Gasteiger charge is -2.17. The first-order valence-corrected chi connectivity index (χ1v) is 6.15. The maximum atomic E-state index is 11.5. The van der Waals surface area contributed by atoms with Gasteiger partial charge in [0, 0.05) is 0 Å². The standard InChI is InChI=1S/C7H10N2O8S/c1-3(8)7(12)17-9(13)5(10)2-4(6(9)11)18(14,15)16/h3-4,13H,2,8H2,1H3/p+1/t3-,4?,9?/m0/s1. The van der Waals surface area contributed by atoms with Crippen molar-refractivity contribution in [3.05, 3.63) is 0 Å². The van der Waals surface area contributed by atoms with Gasteiger partial charge in [-0.1, -0.05) is 0 Å². The Kier molecular flexibility index (Phi) is 3.56. The Morgan fingerprint density at radius 2 is 2.06 bits per heavy atom. The van der Waals surface area contributed by atoms with E-state index in [1.165, 1.54) is 6.92 Å². The number of quaternary nitrogens is 1. The van der Waals surface area contributed by atoms with Gasteiger partial charge in [0.25, 0.3) is 10.1 Å². The topological polar surface area (TPSA) is 161 Å². The molecule has 1 rings (SSSR count). The fourth-order valence-corrected chi connectivity index (χ4v) is 1.98. The third-order valence-corrected chi connectivity index (χ3v) is 3.31. The van der Waals surface area contributed by atoms with Crippen LogP contribution in [0, 0.1) is 0 Å². The van der Waals surface area contributed by atoms with Gasteiger partial charge in [-0.2, -0.15) is 13.6 Å². The van der Waals surface area contributed by atoms with Crippen molar-refractivity contribution >= 4 is 27.9 Å². The summed E-state index contributed by atoms with van der Waals surface area (Å²) in [5.74, 6) is -4.34. The number of hydrogen-bond acceptors (Lipinski definition) is 8. The van der Waals surface area contributed by atoms with Crippen LogP contribution in [0.1, 0.15) is 13.3 Å². The maximum Gasteiger partial charge on any atom is 0.417 e. The van der Waals surface area contributed by atoms with E-state index in [1.807, 2.05) is 0 Å². The quantitative estimate of drug-likeness (QED) is 0.224. The molecule has 10 nitrogen and oxygen atoms in total. The minimum Gasteiger partial charge on any atom is -0.318 e. The van der Waals surface area contributed by atoms with Crippen LogP contribution in [0.2, 0.25) is 0 Å². The molecule has 102 valence electrons. The third kappa shape index (κ3) is 2.39. The molecule has 2 amide bonds. The summed E-state index contributed by atoms with van der Waals surface area (Å²) in [6.45, 7) is 1.17. The predicted octanol–water partition coefficient (Wildman–Crippen LogP) is -2.29. The second kappa shape index (κ2) is 4.37. The van der Waals surface area contributed by atoms with Crippen LogP contribution >= 0.6 is 0 Å². The molecule has 0 aromatic heterocycles. The van der Waals surface area contributed by atoms with Gasteiger partial charge in [0.2, 0.25) is 5.25 Å². The first kappa shape index (κ1) is 14.7. The highest BCUT2D eigenvalue weighted by molar-refractivity contribution is 7.87. The van der Waals surface area contributed by atoms with Crippen LogP contribution in [0.4, 0.5) is 0 Å². The van der Waals surface area contributed by atoms with Crippen LogP contribution in [0.3, 0.4) is 0 Å². The number of amides is 2. The van der Waals surface area contributed by atoms with Crippen LogP contribution < -0.4 is 5.73 Å². The second-order valence-corrected chi connectivity index (χ2v) is 5.31. The molecule has 0 radical (unpaired) electrons. The number of hydroxylamine groups is 4. The fraction of sp³-hybridized carbons (Fsp3) is 0.571. The van der Waals surface area contributed by atoms with E-state index in [1.54, 1.807) is 0 Å². The minimum atomic E-state index is -4.88. The van der Waals surface area contributed by atoms with Gasteiger partial charge in [-0.05, 0) is 6.92 Å². The molecule has 1 aliphatic heterocycles. The van der Waals surface area contributed by atoms with Gasteiger partial charge in [-0.25, -0.2) is 19.2 Å². The Hall–Kier alpha value is -1.40. The van der Waals surface area contributed by atoms with Gasteiger partial charge in [0.05, 0.1) is 0 Å². The smallest absolute Gasteiger partial charge is 0.318 e. The molecule has 0 bridgehead atoms. The van der Waals surface area contributed by atoms with Gasteiger partial charge >= 0.3 is 17.8 Å². The molecule has 0 saturated carbocycles. The second-order valence-electron chi connectivity index (χ2n) is 3.71. The lowest BCUT2D eigenvalue weighted by molar-refractivity contribution is -1.12. The summed E-state index contributed by atoms with van der Waals surface area (Å²) >= 11 is 0. The van der Waals surface area contributed by atoms with Crippen molar-refractivity contribution < 1.29 is 42.2 Å². The Balaban J connectivity index is 3.07. The van der Waals surface area contributed by atoms with Crippen molar-refractivity contribution in [3.8, 4) is 0 Å². The number of carbonyl (C=O) groups is 3. The zero-order valence-electron chi connectivity index (χ0n) is 9.14. The van der Waals surface area contributed by atoms with E-state index in [9.17, 15) is 28.0 Å². The molecule has 1 fully saturated rings. The molecule has 18 heavy (non-hydrogen) atoms. The van der Waals surface area contributed by atoms with Gasteiger partial charge in [-0.15, -0.1) is 0 Å². The maximum absolute atomic E-state index is 11.5. The number of nitrogens with zero attached hydrogens (tertiary/aromatic N) is 1. The SMILES string of the molecule is C[C@H](N)C(=O)O[N+]1(O)C(=O)CC(S(=O)(=O)O)C1=O. The zero-order valence-corrected chi connectivity index (χ0v) is 9.96. The van der Waals surface area contributed by atoms with Crippen molar-refractivity contribution in [3.63, 3.8) is 0 Å². The summed E-state index contributed by atoms with van der Waals surface area (Å²) in [6, 6.07) is -1.24. The van der Waals surface area contributed by atoms with Crippen molar-refractivity contribution in [2.75, 3.05) is 0 Å². The highest BCUT2D eigenvalue weighted by Crippen LogP contribution is 2.26. The van der Waals surface area contributed by atoms with Gasteiger partial charge < -0.3 is 5.73 Å². The van der Waals surface area contributed by atoms with Crippen LogP contribution in [-0.2, 0) is 29.3 Å². The molecule has 2 unspecified atom stereocenters.